The molecule has 1 heterocycles. The zero-order chi connectivity index (χ0) is 23.4. The zero-order valence-corrected chi connectivity index (χ0v) is 19.1. The van der Waals surface area contributed by atoms with Crippen molar-refractivity contribution < 1.29 is 19.4 Å². The Kier molecular flexibility index (Phi) is 7.15. The molecule has 0 radical (unpaired) electrons. The second-order valence-electron chi connectivity index (χ2n) is 8.28. The average Bonchev–Trinajstić information content (AvgIpc) is 3.01. The summed E-state index contributed by atoms with van der Waals surface area (Å²) in [7, 11) is 3.83. The van der Waals surface area contributed by atoms with E-state index in [4.69, 9.17) is 4.74 Å². The number of aliphatic hydroxyl groups is 1. The number of aryl methyl sites for hydroxylation is 2. The zero-order valence-electron chi connectivity index (χ0n) is 19.1. The van der Waals surface area contributed by atoms with Crippen LogP contribution in [0.3, 0.4) is 0 Å². The van der Waals surface area contributed by atoms with Crippen LogP contribution in [0.5, 0.6) is 5.75 Å². The quantitative estimate of drug-likeness (QED) is 0.296. The molecule has 1 amide bonds. The van der Waals surface area contributed by atoms with Gasteiger partial charge in [0, 0.05) is 18.7 Å². The molecule has 1 aliphatic rings. The lowest BCUT2D eigenvalue weighted by Gasteiger charge is -2.26. The number of benzene rings is 2. The second kappa shape index (κ2) is 9.83. The van der Waals surface area contributed by atoms with Gasteiger partial charge in [-0.1, -0.05) is 42.5 Å². The number of nitrogens with zero attached hydrogens (tertiary/aromatic N) is 2. The lowest BCUT2D eigenvalue weighted by Crippen LogP contribution is -2.35. The Balaban J connectivity index is 2.11. The van der Waals surface area contributed by atoms with E-state index in [9.17, 15) is 14.7 Å². The summed E-state index contributed by atoms with van der Waals surface area (Å²) in [5.74, 6) is -0.796. The Labute approximate surface area is 189 Å². The first-order valence-electron chi connectivity index (χ1n) is 10.6. The van der Waals surface area contributed by atoms with E-state index < -0.39 is 17.7 Å². The van der Waals surface area contributed by atoms with Gasteiger partial charge in [0.15, 0.2) is 0 Å². The van der Waals surface area contributed by atoms with Crippen molar-refractivity contribution in [3.63, 3.8) is 0 Å². The van der Waals surface area contributed by atoms with Crippen molar-refractivity contribution in [2.45, 2.75) is 19.9 Å². The van der Waals surface area contributed by atoms with E-state index in [-0.39, 0.29) is 11.3 Å². The minimum atomic E-state index is -0.668. The molecular weight excluding hydrogens is 404 g/mol. The molecule has 6 heteroatoms. The third-order valence-corrected chi connectivity index (χ3v) is 5.54. The van der Waals surface area contributed by atoms with Crippen LogP contribution in [0.15, 0.2) is 60.7 Å². The lowest BCUT2D eigenvalue weighted by molar-refractivity contribution is -0.140. The van der Waals surface area contributed by atoms with Gasteiger partial charge in [-0.25, -0.2) is 0 Å². The smallest absolute Gasteiger partial charge is 0.295 e. The van der Waals surface area contributed by atoms with Gasteiger partial charge in [0.05, 0.1) is 11.6 Å². The number of ketones is 1. The molecule has 0 unspecified atom stereocenters. The van der Waals surface area contributed by atoms with Crippen molar-refractivity contribution in [2.24, 2.45) is 0 Å². The molecule has 0 saturated carbocycles. The first kappa shape index (κ1) is 23.3. The molecule has 6 nitrogen and oxygen atoms in total. The highest BCUT2D eigenvalue weighted by Crippen LogP contribution is 2.40. The second-order valence-corrected chi connectivity index (χ2v) is 8.28. The first-order chi connectivity index (χ1) is 15.2. The number of Topliss-reactive ketones (excluding diaryl/α,β-unsaturated/α-hetero) is 1. The standard InChI is InChI=1S/C26H30N2O4/c1-6-15-32-20-11-12-21(18(3)16-20)24(29)22-23(19-9-7-17(2)8-10-19)28(14-13-27(4)5)26(31)25(22)30/h6-12,16,23,29H,1,13-15H2,2-5H3/t23-/m1/s1. The van der Waals surface area contributed by atoms with Crippen molar-refractivity contribution >= 4 is 17.4 Å². The minimum absolute atomic E-state index is 0.112. The van der Waals surface area contributed by atoms with E-state index in [0.717, 1.165) is 16.7 Å². The number of rotatable bonds is 8. The number of likely N-dealkylation sites (tertiary alicyclic amines) is 1. The van der Waals surface area contributed by atoms with Crippen molar-refractivity contribution in [2.75, 3.05) is 33.8 Å². The van der Waals surface area contributed by atoms with E-state index in [2.05, 4.69) is 6.58 Å². The van der Waals surface area contributed by atoms with Crippen molar-refractivity contribution in [1.29, 1.82) is 0 Å². The maximum atomic E-state index is 13.1. The molecule has 0 bridgehead atoms. The van der Waals surface area contributed by atoms with Gasteiger partial charge >= 0.3 is 0 Å². The first-order valence-corrected chi connectivity index (χ1v) is 10.6. The number of hydrogen-bond donors (Lipinski definition) is 1. The minimum Gasteiger partial charge on any atom is -0.507 e. The summed E-state index contributed by atoms with van der Waals surface area (Å²) < 4.78 is 5.56. The number of ether oxygens (including phenoxy) is 1. The molecule has 2 aromatic rings. The van der Waals surface area contributed by atoms with Gasteiger partial charge in [-0.2, -0.15) is 0 Å². The summed E-state index contributed by atoms with van der Waals surface area (Å²) >= 11 is 0. The predicted octanol–water partition coefficient (Wildman–Crippen LogP) is 3.85. The fourth-order valence-electron chi connectivity index (χ4n) is 3.81. The highest BCUT2D eigenvalue weighted by atomic mass is 16.5. The van der Waals surface area contributed by atoms with Crippen LogP contribution in [-0.4, -0.2) is 60.4 Å². The molecule has 0 aliphatic carbocycles. The van der Waals surface area contributed by atoms with Crippen molar-refractivity contribution in [1.82, 2.24) is 9.80 Å². The topological polar surface area (TPSA) is 70.1 Å². The van der Waals surface area contributed by atoms with Crippen LogP contribution in [-0.2, 0) is 9.59 Å². The van der Waals surface area contributed by atoms with E-state index in [1.807, 2.05) is 57.1 Å². The Morgan fingerprint density at radius 2 is 1.84 bits per heavy atom. The van der Waals surface area contributed by atoms with Gasteiger partial charge < -0.3 is 19.6 Å². The highest BCUT2D eigenvalue weighted by Gasteiger charge is 2.46. The molecule has 0 spiro atoms. The summed E-state index contributed by atoms with van der Waals surface area (Å²) in [6.45, 7) is 8.79. The molecule has 168 valence electrons. The van der Waals surface area contributed by atoms with Crippen LogP contribution in [0.25, 0.3) is 5.76 Å². The number of amides is 1. The third-order valence-electron chi connectivity index (χ3n) is 5.54. The fraction of sp³-hybridized carbons (Fsp3) is 0.308. The molecule has 32 heavy (non-hydrogen) atoms. The molecular formula is C26H30N2O4. The molecule has 1 saturated heterocycles. The van der Waals surface area contributed by atoms with Crippen LogP contribution < -0.4 is 4.74 Å². The Morgan fingerprint density at radius 1 is 1.16 bits per heavy atom. The van der Waals surface area contributed by atoms with Gasteiger partial charge in [-0.05, 0) is 57.3 Å². The lowest BCUT2D eigenvalue weighted by atomic mass is 9.93. The number of carbonyl (C=O) groups excluding carboxylic acids is 2. The normalized spacial score (nSPS) is 17.8. The monoisotopic (exact) mass is 434 g/mol. The van der Waals surface area contributed by atoms with Gasteiger partial charge in [0.2, 0.25) is 0 Å². The van der Waals surface area contributed by atoms with Crippen molar-refractivity contribution in [3.8, 4) is 5.75 Å². The van der Waals surface area contributed by atoms with E-state index in [0.29, 0.717) is 31.0 Å². The Bertz CT molecular complexity index is 1050. The number of carbonyl (C=O) groups is 2. The summed E-state index contributed by atoms with van der Waals surface area (Å²) in [5, 5.41) is 11.3. The SMILES string of the molecule is C=CCOc1ccc(C(O)=C2C(=O)C(=O)N(CCN(C)C)[C@@H]2c2ccc(C)cc2)c(C)c1. The molecule has 1 N–H and O–H groups in total. The summed E-state index contributed by atoms with van der Waals surface area (Å²) in [4.78, 5) is 29.5. The van der Waals surface area contributed by atoms with E-state index in [1.54, 1.807) is 29.2 Å². The number of hydrogen-bond acceptors (Lipinski definition) is 5. The summed E-state index contributed by atoms with van der Waals surface area (Å²) in [5.41, 5.74) is 3.22. The van der Waals surface area contributed by atoms with Crippen LogP contribution in [0.2, 0.25) is 0 Å². The number of aliphatic hydroxyl groups excluding tert-OH is 1. The molecule has 2 aromatic carbocycles. The maximum absolute atomic E-state index is 13.1. The molecule has 0 aromatic heterocycles. The van der Waals surface area contributed by atoms with Gasteiger partial charge in [0.25, 0.3) is 11.7 Å². The number of likely N-dealkylation sites (N-methyl/N-ethyl adjacent to an activating group) is 1. The molecule has 1 atom stereocenters. The maximum Gasteiger partial charge on any atom is 0.295 e. The Morgan fingerprint density at radius 3 is 2.44 bits per heavy atom. The Hall–Kier alpha value is -3.38. The highest BCUT2D eigenvalue weighted by molar-refractivity contribution is 6.46. The molecule has 1 fully saturated rings. The van der Waals surface area contributed by atoms with Crippen LogP contribution in [0.1, 0.15) is 28.3 Å². The molecule has 1 aliphatic heterocycles. The van der Waals surface area contributed by atoms with Gasteiger partial charge in [-0.15, -0.1) is 0 Å². The largest absolute Gasteiger partial charge is 0.507 e. The summed E-state index contributed by atoms with van der Waals surface area (Å²) in [6.07, 6.45) is 1.65. The van der Waals surface area contributed by atoms with Crippen LogP contribution in [0, 0.1) is 13.8 Å². The van der Waals surface area contributed by atoms with E-state index in [1.165, 1.54) is 0 Å². The fourth-order valence-corrected chi connectivity index (χ4v) is 3.81. The van der Waals surface area contributed by atoms with Crippen LogP contribution >= 0.6 is 0 Å². The van der Waals surface area contributed by atoms with E-state index >= 15 is 0 Å². The summed E-state index contributed by atoms with van der Waals surface area (Å²) in [6, 6.07) is 12.3. The van der Waals surface area contributed by atoms with Crippen molar-refractivity contribution in [3.05, 3.63) is 82.9 Å². The molecule has 3 rings (SSSR count). The van der Waals surface area contributed by atoms with Gasteiger partial charge in [0.1, 0.15) is 18.1 Å². The predicted molar refractivity (Wildman–Crippen MR) is 126 cm³/mol. The average molecular weight is 435 g/mol. The van der Waals surface area contributed by atoms with Gasteiger partial charge in [-0.3, -0.25) is 9.59 Å². The third kappa shape index (κ3) is 4.75. The van der Waals surface area contributed by atoms with Crippen LogP contribution in [0.4, 0.5) is 0 Å².